The van der Waals surface area contributed by atoms with E-state index in [1.54, 1.807) is 44.2 Å². The van der Waals surface area contributed by atoms with Crippen LogP contribution in [0.1, 0.15) is 33.4 Å². The first-order chi connectivity index (χ1) is 20.3. The predicted molar refractivity (Wildman–Crippen MR) is 152 cm³/mol. The molecule has 1 saturated heterocycles. The number of hydrogen-bond donors (Lipinski definition) is 3. The fourth-order valence-electron chi connectivity index (χ4n) is 4.71. The number of hydrogen-bond acceptors (Lipinski definition) is 12. The van der Waals surface area contributed by atoms with E-state index < -0.39 is 61.7 Å². The molecule has 2 aromatic heterocycles. The van der Waals surface area contributed by atoms with Gasteiger partial charge in [0.25, 0.3) is 0 Å². The van der Waals surface area contributed by atoms with Gasteiger partial charge in [-0.1, -0.05) is 32.0 Å². The van der Waals surface area contributed by atoms with Crippen LogP contribution in [0.15, 0.2) is 54.7 Å². The van der Waals surface area contributed by atoms with E-state index in [9.17, 15) is 24.5 Å². The van der Waals surface area contributed by atoms with Crippen molar-refractivity contribution >= 4 is 30.9 Å². The van der Waals surface area contributed by atoms with Crippen molar-refractivity contribution in [1.29, 1.82) is 5.26 Å². The molecular formula is C28H34N5O9P. The molecule has 4 rings (SSSR count). The third-order valence-corrected chi connectivity index (χ3v) is 8.68. The lowest BCUT2D eigenvalue weighted by atomic mass is 9.80. The van der Waals surface area contributed by atoms with Gasteiger partial charge in [-0.3, -0.25) is 14.1 Å². The molecule has 14 nitrogen and oxygen atoms in total. The summed E-state index contributed by atoms with van der Waals surface area (Å²) < 4.78 is 43.3. The second-order valence-corrected chi connectivity index (χ2v) is 12.2. The largest absolute Gasteiger partial charge is 0.468 e. The van der Waals surface area contributed by atoms with E-state index in [4.69, 9.17) is 29.0 Å². The molecule has 4 N–H and O–H groups in total. The Bertz CT molecular complexity index is 1570. The minimum absolute atomic E-state index is 0.108. The van der Waals surface area contributed by atoms with E-state index in [-0.39, 0.29) is 11.4 Å². The fourth-order valence-corrected chi connectivity index (χ4v) is 6.21. The number of aromatic nitrogens is 2. The number of ether oxygens (including phenoxy) is 3. The van der Waals surface area contributed by atoms with Crippen molar-refractivity contribution in [3.8, 4) is 11.8 Å². The maximum Gasteiger partial charge on any atom is 0.459 e. The Hall–Kier alpha value is -3.99. The summed E-state index contributed by atoms with van der Waals surface area (Å²) >= 11 is 0. The van der Waals surface area contributed by atoms with Crippen LogP contribution in [0, 0.1) is 17.2 Å². The van der Waals surface area contributed by atoms with Crippen LogP contribution in [-0.4, -0.2) is 64.2 Å². The lowest BCUT2D eigenvalue weighted by Crippen LogP contribution is -2.54. The summed E-state index contributed by atoms with van der Waals surface area (Å²) in [6, 6.07) is 13.7. The van der Waals surface area contributed by atoms with Crippen molar-refractivity contribution in [2.45, 2.75) is 57.1 Å². The van der Waals surface area contributed by atoms with Crippen LogP contribution >= 0.6 is 7.75 Å². The number of aliphatic hydroxyl groups is 1. The molecule has 15 heteroatoms. The van der Waals surface area contributed by atoms with Crippen LogP contribution in [0.4, 0.5) is 5.69 Å². The molecule has 0 saturated carbocycles. The molecule has 1 fully saturated rings. The molecule has 0 bridgehead atoms. The first kappa shape index (κ1) is 31.9. The SMILES string of the molecule is COC(=O)[C@H](C)N[P@](=O)(OC[C@H]1O[C@@](C#N)(c2ccc3c(N)ccnn23)[C@](C)(O)[C@@H]1OC(=O)C(C)C)Oc1ccccc1. The molecule has 6 atom stereocenters. The number of nitrogen functional groups attached to an aromatic ring is 1. The Labute approximate surface area is 248 Å². The Morgan fingerprint density at radius 3 is 2.53 bits per heavy atom. The topological polar surface area (TPSA) is 197 Å². The van der Waals surface area contributed by atoms with E-state index in [0.29, 0.717) is 11.2 Å². The van der Waals surface area contributed by atoms with E-state index in [0.717, 1.165) is 0 Å². The van der Waals surface area contributed by atoms with Crippen LogP contribution in [0.5, 0.6) is 5.75 Å². The van der Waals surface area contributed by atoms with Crippen molar-refractivity contribution in [3.63, 3.8) is 0 Å². The highest BCUT2D eigenvalue weighted by Crippen LogP contribution is 2.51. The van der Waals surface area contributed by atoms with Gasteiger partial charge in [-0.25, -0.2) is 9.08 Å². The molecule has 0 spiro atoms. The maximum atomic E-state index is 14.0. The molecule has 230 valence electrons. The van der Waals surface area contributed by atoms with Crippen LogP contribution < -0.4 is 15.3 Å². The quantitative estimate of drug-likeness (QED) is 0.210. The van der Waals surface area contributed by atoms with Gasteiger partial charge in [0.15, 0.2) is 6.10 Å². The Kier molecular flexibility index (Phi) is 9.15. The Morgan fingerprint density at radius 1 is 1.21 bits per heavy atom. The highest BCUT2D eigenvalue weighted by Gasteiger charge is 2.67. The molecule has 0 unspecified atom stereocenters. The highest BCUT2D eigenvalue weighted by atomic mass is 31.2. The highest BCUT2D eigenvalue weighted by molar-refractivity contribution is 7.52. The number of nitrogens with two attached hydrogens (primary N) is 1. The third kappa shape index (κ3) is 6.08. The lowest BCUT2D eigenvalue weighted by Gasteiger charge is -2.34. The zero-order valence-electron chi connectivity index (χ0n) is 24.3. The zero-order chi connectivity index (χ0) is 31.6. The second kappa shape index (κ2) is 12.3. The molecule has 43 heavy (non-hydrogen) atoms. The Morgan fingerprint density at radius 2 is 1.91 bits per heavy atom. The van der Waals surface area contributed by atoms with Crippen molar-refractivity contribution in [3.05, 3.63) is 60.4 Å². The number of para-hydroxylation sites is 1. The number of nitrogens with zero attached hydrogens (tertiary/aromatic N) is 3. The number of fused-ring (bicyclic) bond motifs is 1. The number of methoxy groups -OCH3 is 1. The average molecular weight is 616 g/mol. The number of carbonyl (C=O) groups excluding carboxylic acids is 2. The maximum absolute atomic E-state index is 14.0. The number of benzene rings is 1. The minimum atomic E-state index is -4.36. The van der Waals surface area contributed by atoms with E-state index in [1.807, 2.05) is 6.07 Å². The first-order valence-corrected chi connectivity index (χ1v) is 14.9. The third-order valence-electron chi connectivity index (χ3n) is 7.04. The van der Waals surface area contributed by atoms with Gasteiger partial charge in [-0.15, -0.1) is 0 Å². The van der Waals surface area contributed by atoms with Gasteiger partial charge in [0.2, 0.25) is 5.60 Å². The molecule has 1 aromatic carbocycles. The van der Waals surface area contributed by atoms with Gasteiger partial charge in [0.05, 0.1) is 36.5 Å². The van der Waals surface area contributed by atoms with Gasteiger partial charge in [0, 0.05) is 6.20 Å². The number of esters is 2. The number of carbonyl (C=O) groups is 2. The van der Waals surface area contributed by atoms with Crippen molar-refractivity contribution in [2.24, 2.45) is 5.92 Å². The second-order valence-electron chi connectivity index (χ2n) is 10.5. The summed E-state index contributed by atoms with van der Waals surface area (Å²) in [4.78, 5) is 24.9. The van der Waals surface area contributed by atoms with E-state index in [2.05, 4.69) is 10.2 Å². The summed E-state index contributed by atoms with van der Waals surface area (Å²) in [6.45, 7) is 5.28. The molecule has 1 aliphatic rings. The molecule has 3 aromatic rings. The standard InChI is InChI=1S/C28H34N5O9P/c1-17(2)25(34)40-24-22(15-39-43(37,32-18(3)26(35)38-5)42-19-9-7-6-8-10-19)41-28(16-29,27(24,4)36)23-12-11-21-20(30)13-14-31-33(21)23/h6-14,17-18,22,24,36H,15,30H2,1-5H3,(H,32,37)/t18-,22+,24+,27+,28-,43-/m0/s1. The Balaban J connectivity index is 1.74. The summed E-state index contributed by atoms with van der Waals surface area (Å²) in [5.74, 6) is -1.86. The molecule has 3 heterocycles. The molecule has 0 radical (unpaired) electrons. The summed E-state index contributed by atoms with van der Waals surface area (Å²) in [5, 5.41) is 29.3. The minimum Gasteiger partial charge on any atom is -0.468 e. The number of rotatable bonds is 11. The zero-order valence-corrected chi connectivity index (χ0v) is 25.2. The van der Waals surface area contributed by atoms with Crippen molar-refractivity contribution < 1.29 is 42.5 Å². The van der Waals surface area contributed by atoms with E-state index >= 15 is 0 Å². The van der Waals surface area contributed by atoms with Crippen molar-refractivity contribution in [2.75, 3.05) is 19.5 Å². The molecule has 1 aliphatic heterocycles. The van der Waals surface area contributed by atoms with Crippen LogP contribution in [0.3, 0.4) is 0 Å². The van der Waals surface area contributed by atoms with Crippen LogP contribution in [0.2, 0.25) is 0 Å². The van der Waals surface area contributed by atoms with Crippen molar-refractivity contribution in [1.82, 2.24) is 14.7 Å². The number of nitriles is 1. The summed E-state index contributed by atoms with van der Waals surface area (Å²) in [5.41, 5.74) is 2.66. The van der Waals surface area contributed by atoms with E-state index in [1.165, 1.54) is 49.9 Å². The predicted octanol–water partition coefficient (Wildman–Crippen LogP) is 2.71. The fraction of sp³-hybridized carbons (Fsp3) is 0.429. The van der Waals surface area contributed by atoms with Gasteiger partial charge in [-0.05, 0) is 44.2 Å². The molecular weight excluding hydrogens is 581 g/mol. The molecule has 0 aliphatic carbocycles. The van der Waals surface area contributed by atoms with Crippen LogP contribution in [-0.2, 0) is 38.5 Å². The average Bonchev–Trinajstić information content (AvgIpc) is 3.50. The molecule has 0 amide bonds. The van der Waals surface area contributed by atoms with Gasteiger partial charge >= 0.3 is 19.7 Å². The van der Waals surface area contributed by atoms with Gasteiger partial charge < -0.3 is 29.6 Å². The van der Waals surface area contributed by atoms with Gasteiger partial charge in [0.1, 0.15) is 29.6 Å². The summed E-state index contributed by atoms with van der Waals surface area (Å²) in [6.07, 6.45) is -1.42. The lowest BCUT2D eigenvalue weighted by molar-refractivity contribution is -0.168. The first-order valence-electron chi connectivity index (χ1n) is 13.4. The number of nitrogens with one attached hydrogen (secondary N) is 1. The van der Waals surface area contributed by atoms with Crippen LogP contribution in [0.25, 0.3) is 5.52 Å². The monoisotopic (exact) mass is 615 g/mol. The number of anilines is 1. The van der Waals surface area contributed by atoms with Gasteiger partial charge in [-0.2, -0.15) is 15.4 Å². The normalized spacial score (nSPS) is 25.5. The smallest absolute Gasteiger partial charge is 0.459 e. The summed E-state index contributed by atoms with van der Waals surface area (Å²) in [7, 11) is -3.20.